The molecule has 0 radical (unpaired) electrons. The Morgan fingerprint density at radius 2 is 1.97 bits per heavy atom. The molecule has 1 unspecified atom stereocenters. The van der Waals surface area contributed by atoms with Crippen molar-refractivity contribution in [2.45, 2.75) is 26.7 Å². The molecule has 3 aromatic rings. The zero-order valence-corrected chi connectivity index (χ0v) is 17.7. The van der Waals surface area contributed by atoms with E-state index < -0.39 is 11.4 Å². The minimum absolute atomic E-state index is 0.130. The van der Waals surface area contributed by atoms with Crippen LogP contribution in [0.5, 0.6) is 11.6 Å². The van der Waals surface area contributed by atoms with Crippen molar-refractivity contribution in [3.63, 3.8) is 0 Å². The monoisotopic (exact) mass is 412 g/mol. The maximum atomic E-state index is 14.0. The van der Waals surface area contributed by atoms with Crippen LogP contribution in [0.4, 0.5) is 4.39 Å². The molecule has 0 saturated carbocycles. The van der Waals surface area contributed by atoms with Crippen molar-refractivity contribution in [3.05, 3.63) is 64.5 Å². The van der Waals surface area contributed by atoms with Crippen molar-refractivity contribution in [3.8, 4) is 22.8 Å². The smallest absolute Gasteiger partial charge is 0.286 e. The predicted octanol–water partition coefficient (Wildman–Crippen LogP) is 3.51. The van der Waals surface area contributed by atoms with Gasteiger partial charge in [0.2, 0.25) is 5.88 Å². The minimum atomic E-state index is -0.839. The number of ether oxygens (including phenoxy) is 2. The molecule has 8 heteroatoms. The maximum absolute atomic E-state index is 14.0. The summed E-state index contributed by atoms with van der Waals surface area (Å²) in [5.74, 6) is 1.02. The zero-order chi connectivity index (χ0) is 21.8. The van der Waals surface area contributed by atoms with Crippen LogP contribution in [0.15, 0.2) is 41.6 Å². The molecule has 0 fully saturated rings. The first-order valence-electron chi connectivity index (χ1n) is 9.63. The lowest BCUT2D eigenvalue weighted by Crippen LogP contribution is -2.20. The Hall–Kier alpha value is -3.29. The van der Waals surface area contributed by atoms with Gasteiger partial charge in [-0.05, 0) is 31.0 Å². The first-order chi connectivity index (χ1) is 14.3. The molecule has 3 rings (SSSR count). The number of hydrogen-bond donors (Lipinski definition) is 0. The Morgan fingerprint density at radius 3 is 2.60 bits per heavy atom. The average molecular weight is 412 g/mol. The molecular formula is C22H25FN4O3. The minimum Gasteiger partial charge on any atom is -0.495 e. The number of halogens is 1. The van der Waals surface area contributed by atoms with E-state index in [1.807, 2.05) is 12.1 Å². The topological polar surface area (TPSA) is 79.1 Å². The van der Waals surface area contributed by atoms with Gasteiger partial charge in [0.25, 0.3) is 5.56 Å². The standard InChI is InChI=1S/C22H25FN4O3/c1-13(14(2)20-7-6-17(29-5)9-25-20)12-30-21-18(10-24-15(3)26-21)16-8-19(23)22(28)27(4)11-16/h6-11,13-14H,12H2,1-5H3/t13?,14-/m0/s1. The van der Waals surface area contributed by atoms with E-state index in [1.165, 1.54) is 17.7 Å². The van der Waals surface area contributed by atoms with Crippen LogP contribution < -0.4 is 15.0 Å². The Bertz CT molecular complexity index is 1060. The van der Waals surface area contributed by atoms with Gasteiger partial charge < -0.3 is 14.0 Å². The fourth-order valence-electron chi connectivity index (χ4n) is 3.00. The van der Waals surface area contributed by atoms with E-state index in [4.69, 9.17) is 9.47 Å². The molecule has 0 spiro atoms. The third-order valence-electron chi connectivity index (χ3n) is 5.12. The summed E-state index contributed by atoms with van der Waals surface area (Å²) >= 11 is 0. The molecule has 2 atom stereocenters. The summed E-state index contributed by atoms with van der Waals surface area (Å²) in [5, 5.41) is 0. The summed E-state index contributed by atoms with van der Waals surface area (Å²) in [6, 6.07) is 5.00. The van der Waals surface area contributed by atoms with Crippen LogP contribution in [0.1, 0.15) is 31.3 Å². The maximum Gasteiger partial charge on any atom is 0.286 e. The summed E-state index contributed by atoms with van der Waals surface area (Å²) in [5.41, 5.74) is 1.24. The number of rotatable bonds is 7. The molecule has 0 aliphatic rings. The molecule has 0 aliphatic carbocycles. The second kappa shape index (κ2) is 9.02. The first-order valence-corrected chi connectivity index (χ1v) is 9.63. The normalized spacial score (nSPS) is 13.0. The van der Waals surface area contributed by atoms with E-state index in [-0.39, 0.29) is 11.8 Å². The molecule has 0 N–H and O–H groups in total. The molecule has 0 amide bonds. The van der Waals surface area contributed by atoms with Gasteiger partial charge in [0.1, 0.15) is 11.6 Å². The number of aromatic nitrogens is 4. The van der Waals surface area contributed by atoms with Gasteiger partial charge in [-0.1, -0.05) is 13.8 Å². The van der Waals surface area contributed by atoms with Gasteiger partial charge in [-0.25, -0.2) is 9.37 Å². The van der Waals surface area contributed by atoms with Crippen molar-refractivity contribution in [1.29, 1.82) is 0 Å². The summed E-state index contributed by atoms with van der Waals surface area (Å²) in [7, 11) is 3.10. The van der Waals surface area contributed by atoms with E-state index in [0.717, 1.165) is 5.69 Å². The van der Waals surface area contributed by atoms with Crippen molar-refractivity contribution >= 4 is 0 Å². The molecule has 158 valence electrons. The average Bonchev–Trinajstić information content (AvgIpc) is 2.75. The first kappa shape index (κ1) is 21.4. The molecule has 3 heterocycles. The number of nitrogens with zero attached hydrogens (tertiary/aromatic N) is 4. The third-order valence-corrected chi connectivity index (χ3v) is 5.12. The SMILES string of the molecule is COc1ccc([C@@H](C)C(C)COc2nc(C)ncc2-c2cc(F)c(=O)n(C)c2)nc1. The van der Waals surface area contributed by atoms with Crippen LogP contribution in [0, 0.1) is 18.7 Å². The van der Waals surface area contributed by atoms with Crippen LogP contribution in [-0.2, 0) is 7.05 Å². The molecule has 7 nitrogen and oxygen atoms in total. The number of aryl methyl sites for hydroxylation is 2. The van der Waals surface area contributed by atoms with Crippen molar-refractivity contribution < 1.29 is 13.9 Å². The van der Waals surface area contributed by atoms with E-state index >= 15 is 0 Å². The Labute approximate surface area is 174 Å². The summed E-state index contributed by atoms with van der Waals surface area (Å²) in [6.45, 7) is 6.28. The van der Waals surface area contributed by atoms with Gasteiger partial charge in [-0.15, -0.1) is 0 Å². The van der Waals surface area contributed by atoms with Crippen LogP contribution in [0.3, 0.4) is 0 Å². The Kier molecular flexibility index (Phi) is 6.44. The number of methoxy groups -OCH3 is 1. The lowest BCUT2D eigenvalue weighted by atomic mass is 9.93. The summed E-state index contributed by atoms with van der Waals surface area (Å²) < 4.78 is 26.3. The molecule has 3 aromatic heterocycles. The van der Waals surface area contributed by atoms with E-state index in [2.05, 4.69) is 28.8 Å². The second-order valence-electron chi connectivity index (χ2n) is 7.33. The van der Waals surface area contributed by atoms with Gasteiger partial charge in [-0.2, -0.15) is 4.98 Å². The fourth-order valence-corrected chi connectivity index (χ4v) is 3.00. The highest BCUT2D eigenvalue weighted by Crippen LogP contribution is 2.29. The Balaban J connectivity index is 1.81. The number of hydrogen-bond acceptors (Lipinski definition) is 6. The lowest BCUT2D eigenvalue weighted by molar-refractivity contribution is 0.233. The fraction of sp³-hybridized carbons (Fsp3) is 0.364. The molecule has 0 bridgehead atoms. The van der Waals surface area contributed by atoms with Crippen LogP contribution in [0.2, 0.25) is 0 Å². The highest BCUT2D eigenvalue weighted by atomic mass is 19.1. The highest BCUT2D eigenvalue weighted by Gasteiger charge is 2.19. The van der Waals surface area contributed by atoms with Crippen molar-refractivity contribution in [2.75, 3.05) is 13.7 Å². The summed E-state index contributed by atoms with van der Waals surface area (Å²) in [6.07, 6.45) is 4.81. The van der Waals surface area contributed by atoms with Gasteiger partial charge in [0.15, 0.2) is 5.82 Å². The second-order valence-corrected chi connectivity index (χ2v) is 7.33. The zero-order valence-electron chi connectivity index (χ0n) is 17.7. The van der Waals surface area contributed by atoms with Crippen molar-refractivity contribution in [1.82, 2.24) is 19.5 Å². The van der Waals surface area contributed by atoms with Gasteiger partial charge in [0, 0.05) is 36.6 Å². The van der Waals surface area contributed by atoms with Crippen molar-refractivity contribution in [2.24, 2.45) is 13.0 Å². The van der Waals surface area contributed by atoms with Gasteiger partial charge in [-0.3, -0.25) is 9.78 Å². The largest absolute Gasteiger partial charge is 0.495 e. The predicted molar refractivity (Wildman–Crippen MR) is 111 cm³/mol. The van der Waals surface area contributed by atoms with Gasteiger partial charge >= 0.3 is 0 Å². The van der Waals surface area contributed by atoms with E-state index in [1.54, 1.807) is 32.6 Å². The molecular weight excluding hydrogens is 387 g/mol. The lowest BCUT2D eigenvalue weighted by Gasteiger charge is -2.20. The molecule has 30 heavy (non-hydrogen) atoms. The highest BCUT2D eigenvalue weighted by molar-refractivity contribution is 5.66. The quantitative estimate of drug-likeness (QED) is 0.591. The molecule has 0 saturated heterocycles. The van der Waals surface area contributed by atoms with Crippen LogP contribution >= 0.6 is 0 Å². The summed E-state index contributed by atoms with van der Waals surface area (Å²) in [4.78, 5) is 24.7. The van der Waals surface area contributed by atoms with E-state index in [9.17, 15) is 9.18 Å². The van der Waals surface area contributed by atoms with Crippen LogP contribution in [0.25, 0.3) is 11.1 Å². The molecule has 0 aromatic carbocycles. The molecule has 0 aliphatic heterocycles. The Morgan fingerprint density at radius 1 is 1.20 bits per heavy atom. The van der Waals surface area contributed by atoms with Gasteiger partial charge in [0.05, 0.1) is 25.5 Å². The van der Waals surface area contributed by atoms with Crippen LogP contribution in [-0.4, -0.2) is 33.2 Å². The number of pyridine rings is 2. The third kappa shape index (κ3) is 4.64. The van der Waals surface area contributed by atoms with E-state index in [0.29, 0.717) is 35.2 Å².